The topological polar surface area (TPSA) is 171 Å². The van der Waals surface area contributed by atoms with Gasteiger partial charge in [-0.1, -0.05) is 12.1 Å². The number of nitrogens with one attached hydrogen (secondary N) is 2. The van der Waals surface area contributed by atoms with Crippen LogP contribution in [0.1, 0.15) is 21.6 Å². The quantitative estimate of drug-likeness (QED) is 0.299. The van der Waals surface area contributed by atoms with Crippen LogP contribution in [0.5, 0.6) is 0 Å². The molecule has 1 heterocycles. The molecular weight excluding hydrogens is 306 g/mol. The molecule has 1 aromatic heterocycles. The molecule has 0 bridgehead atoms. The van der Waals surface area contributed by atoms with Gasteiger partial charge in [0, 0.05) is 5.56 Å². The van der Waals surface area contributed by atoms with Crippen LogP contribution >= 0.6 is 0 Å². The normalized spacial score (nSPS) is 11.2. The number of aromatic amines is 2. The second-order valence-corrected chi connectivity index (χ2v) is 4.41. The summed E-state index contributed by atoms with van der Waals surface area (Å²) in [6.07, 6.45) is -0.428. The number of rotatable bonds is 5. The average molecular weight is 317 g/mol. The monoisotopic (exact) mass is 317 g/mol. The maximum absolute atomic E-state index is 12.2. The van der Waals surface area contributed by atoms with E-state index in [1.54, 1.807) is 0 Å². The van der Waals surface area contributed by atoms with E-state index in [1.807, 2.05) is 10.1 Å². The molecule has 2 rings (SSSR count). The van der Waals surface area contributed by atoms with Gasteiger partial charge in [0.15, 0.2) is 5.78 Å². The predicted octanol–water partition coefficient (Wildman–Crippen LogP) is -1.37. The molecule has 0 saturated carbocycles. The second-order valence-electron chi connectivity index (χ2n) is 4.41. The molecule has 10 heteroatoms. The lowest BCUT2D eigenvalue weighted by atomic mass is 10.0. The maximum atomic E-state index is 12.2. The number of hydrogen-bond acceptors (Lipinski definition) is 7. The molecule has 0 atom stereocenters. The molecular formula is C13H11N5O5. The number of ketones is 1. The average Bonchev–Trinajstić information content (AvgIpc) is 2.51. The molecule has 0 aliphatic carbocycles. The van der Waals surface area contributed by atoms with Crippen LogP contribution in [0.25, 0.3) is 0 Å². The van der Waals surface area contributed by atoms with E-state index in [2.05, 4.69) is 10.2 Å². The van der Waals surface area contributed by atoms with E-state index in [1.165, 1.54) is 24.3 Å². The number of benzene rings is 1. The van der Waals surface area contributed by atoms with Crippen molar-refractivity contribution < 1.29 is 14.7 Å². The van der Waals surface area contributed by atoms with Gasteiger partial charge in [0.05, 0.1) is 12.0 Å². The summed E-state index contributed by atoms with van der Waals surface area (Å²) in [6, 6.07) is 5.33. The van der Waals surface area contributed by atoms with Gasteiger partial charge in [-0.05, 0) is 12.1 Å². The number of H-pyrrole nitrogens is 2. The lowest BCUT2D eigenvalue weighted by molar-refractivity contribution is -0.112. The van der Waals surface area contributed by atoms with Gasteiger partial charge in [-0.2, -0.15) is 10.2 Å². The number of carboxylic acid groups (broad SMARTS) is 1. The van der Waals surface area contributed by atoms with Gasteiger partial charge in [0.2, 0.25) is 0 Å². The highest BCUT2D eigenvalue weighted by Gasteiger charge is 2.18. The van der Waals surface area contributed by atoms with Crippen molar-refractivity contribution in [3.8, 4) is 0 Å². The fourth-order valence-electron chi connectivity index (χ4n) is 1.81. The van der Waals surface area contributed by atoms with E-state index in [9.17, 15) is 19.2 Å². The van der Waals surface area contributed by atoms with Crippen LogP contribution in [-0.2, 0) is 11.2 Å². The Hall–Kier alpha value is -3.56. The third-order valence-corrected chi connectivity index (χ3v) is 2.91. The SMILES string of the molecule is N/N=C(/C(=O)Cc1n[nH]c(=O)[nH]c1=O)c1ccc(C(=O)O)cc1. The Labute approximate surface area is 127 Å². The minimum Gasteiger partial charge on any atom is -0.478 e. The summed E-state index contributed by atoms with van der Waals surface area (Å²) in [5.41, 5.74) is -1.59. The molecule has 0 radical (unpaired) electrons. The Balaban J connectivity index is 2.27. The molecule has 0 unspecified atom stereocenters. The molecule has 2 aromatic rings. The first-order valence-electron chi connectivity index (χ1n) is 6.25. The highest BCUT2D eigenvalue weighted by molar-refractivity contribution is 6.46. The Kier molecular flexibility index (Phi) is 4.45. The van der Waals surface area contributed by atoms with Gasteiger partial charge in [0.1, 0.15) is 11.4 Å². The van der Waals surface area contributed by atoms with Crippen molar-refractivity contribution >= 4 is 17.5 Å². The van der Waals surface area contributed by atoms with Crippen molar-refractivity contribution in [2.45, 2.75) is 6.42 Å². The number of aromatic nitrogens is 3. The van der Waals surface area contributed by atoms with Crippen molar-refractivity contribution in [3.63, 3.8) is 0 Å². The van der Waals surface area contributed by atoms with Crippen molar-refractivity contribution in [2.75, 3.05) is 0 Å². The number of carbonyl (C=O) groups excluding carboxylic acids is 1. The van der Waals surface area contributed by atoms with E-state index in [0.29, 0.717) is 5.56 Å². The Morgan fingerprint density at radius 1 is 1.17 bits per heavy atom. The number of carbonyl (C=O) groups is 2. The summed E-state index contributed by atoms with van der Waals surface area (Å²) >= 11 is 0. The third kappa shape index (κ3) is 3.56. The van der Waals surface area contributed by atoms with E-state index < -0.39 is 29.4 Å². The summed E-state index contributed by atoms with van der Waals surface area (Å²) in [5, 5.41) is 17.7. The molecule has 23 heavy (non-hydrogen) atoms. The van der Waals surface area contributed by atoms with Crippen LogP contribution in [0.3, 0.4) is 0 Å². The van der Waals surface area contributed by atoms with Crippen LogP contribution in [0.15, 0.2) is 39.0 Å². The summed E-state index contributed by atoms with van der Waals surface area (Å²) in [7, 11) is 0. The van der Waals surface area contributed by atoms with Crippen LogP contribution < -0.4 is 17.1 Å². The first-order chi connectivity index (χ1) is 10.9. The van der Waals surface area contributed by atoms with E-state index >= 15 is 0 Å². The lowest BCUT2D eigenvalue weighted by Gasteiger charge is -2.04. The van der Waals surface area contributed by atoms with Crippen molar-refractivity contribution in [3.05, 3.63) is 61.9 Å². The molecule has 10 nitrogen and oxygen atoms in total. The highest BCUT2D eigenvalue weighted by atomic mass is 16.4. The molecule has 5 N–H and O–H groups in total. The molecule has 0 aliphatic rings. The second kappa shape index (κ2) is 6.47. The van der Waals surface area contributed by atoms with Gasteiger partial charge >= 0.3 is 11.7 Å². The Bertz CT molecular complexity index is 894. The van der Waals surface area contributed by atoms with Gasteiger partial charge in [-0.25, -0.2) is 14.7 Å². The first-order valence-corrected chi connectivity index (χ1v) is 6.25. The maximum Gasteiger partial charge on any atom is 0.342 e. The number of hydrazone groups is 1. The van der Waals surface area contributed by atoms with Crippen LogP contribution in [0, 0.1) is 0 Å². The van der Waals surface area contributed by atoms with Gasteiger partial charge in [0.25, 0.3) is 5.56 Å². The third-order valence-electron chi connectivity index (χ3n) is 2.91. The molecule has 118 valence electrons. The first kappa shape index (κ1) is 15.8. The minimum atomic E-state index is -1.11. The zero-order valence-corrected chi connectivity index (χ0v) is 11.6. The van der Waals surface area contributed by atoms with Crippen molar-refractivity contribution in [1.82, 2.24) is 15.2 Å². The van der Waals surface area contributed by atoms with Gasteiger partial charge in [-0.3, -0.25) is 14.6 Å². The molecule has 0 amide bonds. The lowest BCUT2D eigenvalue weighted by Crippen LogP contribution is -2.30. The highest BCUT2D eigenvalue weighted by Crippen LogP contribution is 2.07. The Morgan fingerprint density at radius 3 is 2.30 bits per heavy atom. The fourth-order valence-corrected chi connectivity index (χ4v) is 1.81. The molecule has 0 spiro atoms. The fraction of sp³-hybridized carbons (Fsp3) is 0.0769. The standard InChI is InChI=1S/C13H11N5O5/c14-16-10(6-1-3-7(4-2-6)12(21)22)9(19)5-8-11(20)15-13(23)18-17-8/h1-4H,5,14H2,(H,21,22)(H2,15,18,20,23)/b16-10+. The predicted molar refractivity (Wildman–Crippen MR) is 78.3 cm³/mol. The van der Waals surface area contributed by atoms with Gasteiger partial charge < -0.3 is 10.9 Å². The zero-order chi connectivity index (χ0) is 17.0. The summed E-state index contributed by atoms with van der Waals surface area (Å²) in [4.78, 5) is 47.3. The van der Waals surface area contributed by atoms with Crippen molar-refractivity contribution in [2.24, 2.45) is 10.9 Å². The number of carboxylic acids is 1. The smallest absolute Gasteiger partial charge is 0.342 e. The Morgan fingerprint density at radius 2 is 1.78 bits per heavy atom. The van der Waals surface area contributed by atoms with E-state index in [0.717, 1.165) is 0 Å². The molecule has 1 aromatic carbocycles. The molecule has 0 aliphatic heterocycles. The number of nitrogens with two attached hydrogens (primary N) is 1. The zero-order valence-electron chi connectivity index (χ0n) is 11.6. The summed E-state index contributed by atoms with van der Waals surface area (Å²) in [6.45, 7) is 0. The number of aromatic carboxylic acids is 1. The van der Waals surface area contributed by atoms with Crippen LogP contribution in [0.2, 0.25) is 0 Å². The van der Waals surface area contributed by atoms with Crippen molar-refractivity contribution in [1.29, 1.82) is 0 Å². The van der Waals surface area contributed by atoms with E-state index in [-0.39, 0.29) is 17.0 Å². The van der Waals surface area contributed by atoms with E-state index in [4.69, 9.17) is 10.9 Å². The molecule has 0 saturated heterocycles. The minimum absolute atomic E-state index is 0.0383. The largest absolute Gasteiger partial charge is 0.478 e. The van der Waals surface area contributed by atoms with Gasteiger partial charge in [-0.15, -0.1) is 0 Å². The number of hydrogen-bond donors (Lipinski definition) is 4. The van der Waals surface area contributed by atoms with Crippen LogP contribution in [-0.4, -0.2) is 37.8 Å². The van der Waals surface area contributed by atoms with Crippen LogP contribution in [0.4, 0.5) is 0 Å². The number of Topliss-reactive ketones (excluding diaryl/α,β-unsaturated/α-hetero) is 1. The molecule has 0 fully saturated rings. The number of nitrogens with zero attached hydrogens (tertiary/aromatic N) is 2. The summed E-state index contributed by atoms with van der Waals surface area (Å²) < 4.78 is 0. The summed E-state index contributed by atoms with van der Waals surface area (Å²) in [5.74, 6) is 3.48.